The molecule has 2 aromatic heterocycles. The third kappa shape index (κ3) is 2.96. The predicted molar refractivity (Wildman–Crippen MR) is 97.4 cm³/mol. The Bertz CT molecular complexity index is 873. The molecule has 5 rings (SSSR count). The largest absolute Gasteiger partial charge is 0.394 e. The van der Waals surface area contributed by atoms with Gasteiger partial charge < -0.3 is 29.7 Å². The summed E-state index contributed by atoms with van der Waals surface area (Å²) < 4.78 is 19.9. The Labute approximate surface area is 161 Å². The molecule has 2 saturated heterocycles. The van der Waals surface area contributed by atoms with E-state index >= 15 is 0 Å². The third-order valence-electron chi connectivity index (χ3n) is 5.72. The molecule has 28 heavy (non-hydrogen) atoms. The second-order valence-corrected chi connectivity index (χ2v) is 8.20. The van der Waals surface area contributed by atoms with E-state index in [0.717, 1.165) is 18.4 Å². The maximum atomic E-state index is 9.76. The van der Waals surface area contributed by atoms with Gasteiger partial charge in [-0.25, -0.2) is 4.98 Å². The molecule has 1 saturated carbocycles. The van der Waals surface area contributed by atoms with E-state index in [-0.39, 0.29) is 31.0 Å². The van der Waals surface area contributed by atoms with Crippen LogP contribution in [0.5, 0.6) is 0 Å². The van der Waals surface area contributed by atoms with Crippen LogP contribution in [0.15, 0.2) is 12.5 Å². The van der Waals surface area contributed by atoms with E-state index in [1.165, 1.54) is 0 Å². The molecule has 0 amide bonds. The van der Waals surface area contributed by atoms with Crippen molar-refractivity contribution >= 4 is 16.9 Å². The molecule has 0 aromatic carbocycles. The zero-order valence-electron chi connectivity index (χ0n) is 15.9. The van der Waals surface area contributed by atoms with Gasteiger partial charge in [0.2, 0.25) is 0 Å². The Morgan fingerprint density at radius 3 is 2.86 bits per heavy atom. The summed E-state index contributed by atoms with van der Waals surface area (Å²) in [5.41, 5.74) is 1.44. The molecule has 10 nitrogen and oxygen atoms in total. The quantitative estimate of drug-likeness (QED) is 0.686. The van der Waals surface area contributed by atoms with Gasteiger partial charge >= 0.3 is 0 Å². The first-order valence-corrected chi connectivity index (χ1v) is 9.70. The van der Waals surface area contributed by atoms with Crippen molar-refractivity contribution in [3.8, 4) is 0 Å². The first-order chi connectivity index (χ1) is 13.4. The average Bonchev–Trinajstić information content (AvgIpc) is 3.38. The number of anilines is 1. The van der Waals surface area contributed by atoms with Gasteiger partial charge in [-0.05, 0) is 33.1 Å². The fourth-order valence-electron chi connectivity index (χ4n) is 4.48. The van der Waals surface area contributed by atoms with Crippen LogP contribution in [-0.4, -0.2) is 72.8 Å². The summed E-state index contributed by atoms with van der Waals surface area (Å²) in [4.78, 5) is 4.52. The molecule has 152 valence electrons. The van der Waals surface area contributed by atoms with E-state index in [9.17, 15) is 10.2 Å². The Kier molecular flexibility index (Phi) is 4.29. The number of fused-ring (bicyclic) bond motifs is 2. The number of hydrogen-bond acceptors (Lipinski definition) is 9. The van der Waals surface area contributed by atoms with E-state index in [4.69, 9.17) is 14.2 Å². The van der Waals surface area contributed by atoms with Gasteiger partial charge in [0.1, 0.15) is 23.8 Å². The van der Waals surface area contributed by atoms with Gasteiger partial charge in [-0.2, -0.15) is 5.10 Å². The monoisotopic (exact) mass is 391 g/mol. The molecule has 2 unspecified atom stereocenters. The summed E-state index contributed by atoms with van der Waals surface area (Å²) in [6, 6.07) is 0.151. The number of aliphatic hydroxyl groups excluding tert-OH is 2. The molecule has 10 heteroatoms. The van der Waals surface area contributed by atoms with Crippen molar-refractivity contribution in [1.29, 1.82) is 0 Å². The van der Waals surface area contributed by atoms with Gasteiger partial charge in [0.25, 0.3) is 0 Å². The van der Waals surface area contributed by atoms with E-state index in [2.05, 4.69) is 20.5 Å². The van der Waals surface area contributed by atoms with Crippen molar-refractivity contribution in [1.82, 2.24) is 19.7 Å². The summed E-state index contributed by atoms with van der Waals surface area (Å²) >= 11 is 0. The lowest BCUT2D eigenvalue weighted by atomic mass is 10.1. The van der Waals surface area contributed by atoms with Crippen LogP contribution in [0, 0.1) is 0 Å². The molecule has 3 aliphatic rings. The number of nitrogens with one attached hydrogen (secondary N) is 1. The van der Waals surface area contributed by atoms with Crippen molar-refractivity contribution in [2.45, 2.75) is 75.6 Å². The zero-order chi connectivity index (χ0) is 19.5. The van der Waals surface area contributed by atoms with Gasteiger partial charge in [-0.3, -0.25) is 4.57 Å². The van der Waals surface area contributed by atoms with Gasteiger partial charge in [-0.15, -0.1) is 5.10 Å². The number of imidazole rings is 1. The molecule has 0 bridgehead atoms. The minimum atomic E-state index is -0.739. The van der Waals surface area contributed by atoms with Crippen LogP contribution in [-0.2, 0) is 14.2 Å². The van der Waals surface area contributed by atoms with Crippen LogP contribution in [0.1, 0.15) is 39.3 Å². The SMILES string of the molecule is CC1(C)O[C@@H]2C(CO)OC(n3cnc4c(N[C@@H]5CC[C@@H](O)C5)nncc43)[C@@H]2O1. The average molecular weight is 391 g/mol. The van der Waals surface area contributed by atoms with Crippen molar-refractivity contribution in [2.75, 3.05) is 11.9 Å². The number of hydrogen-bond donors (Lipinski definition) is 3. The minimum absolute atomic E-state index is 0.151. The molecule has 4 heterocycles. The second-order valence-electron chi connectivity index (χ2n) is 8.20. The summed E-state index contributed by atoms with van der Waals surface area (Å²) in [5, 5.41) is 31.1. The molecule has 1 aliphatic carbocycles. The molecule has 3 N–H and O–H groups in total. The van der Waals surface area contributed by atoms with Crippen LogP contribution in [0.4, 0.5) is 5.82 Å². The van der Waals surface area contributed by atoms with E-state index in [1.54, 1.807) is 12.5 Å². The number of nitrogens with zero attached hydrogens (tertiary/aromatic N) is 4. The van der Waals surface area contributed by atoms with Crippen molar-refractivity contribution in [3.05, 3.63) is 12.5 Å². The molecular weight excluding hydrogens is 366 g/mol. The highest BCUT2D eigenvalue weighted by Gasteiger charge is 2.55. The topological polar surface area (TPSA) is 124 Å². The Morgan fingerprint density at radius 1 is 1.29 bits per heavy atom. The van der Waals surface area contributed by atoms with Crippen LogP contribution in [0.25, 0.3) is 11.0 Å². The lowest BCUT2D eigenvalue weighted by molar-refractivity contribution is -0.199. The van der Waals surface area contributed by atoms with Crippen molar-refractivity contribution < 1.29 is 24.4 Å². The fourth-order valence-corrected chi connectivity index (χ4v) is 4.48. The number of ether oxygens (including phenoxy) is 3. The van der Waals surface area contributed by atoms with Gasteiger partial charge in [0.15, 0.2) is 17.8 Å². The predicted octanol–water partition coefficient (Wildman–Crippen LogP) is 0.561. The first kappa shape index (κ1) is 18.2. The van der Waals surface area contributed by atoms with Crippen LogP contribution in [0.3, 0.4) is 0 Å². The summed E-state index contributed by atoms with van der Waals surface area (Å²) in [6.45, 7) is 3.55. The maximum Gasteiger partial charge on any atom is 0.177 e. The van der Waals surface area contributed by atoms with Crippen LogP contribution in [0.2, 0.25) is 0 Å². The normalized spacial score (nSPS) is 36.9. The van der Waals surface area contributed by atoms with Gasteiger partial charge in [0, 0.05) is 6.04 Å². The standard InChI is InChI=1S/C18H25N5O5/c1-18(2)27-14-12(7-24)26-17(15(14)28-18)23-8-19-13-11(23)6-20-22-16(13)21-9-3-4-10(25)5-9/h6,8-10,12,14-15,17,24-25H,3-5,7H2,1-2H3,(H,21,22)/t9-,10-,12?,14-,15-,17?/m1/s1. The Balaban J connectivity index is 1.46. The van der Waals surface area contributed by atoms with Crippen LogP contribution >= 0.6 is 0 Å². The Morgan fingerprint density at radius 2 is 2.11 bits per heavy atom. The number of rotatable bonds is 4. The summed E-state index contributed by atoms with van der Waals surface area (Å²) in [7, 11) is 0. The third-order valence-corrected chi connectivity index (χ3v) is 5.72. The first-order valence-electron chi connectivity index (χ1n) is 9.70. The molecule has 6 atom stereocenters. The fraction of sp³-hybridized carbons (Fsp3) is 0.722. The zero-order valence-corrected chi connectivity index (χ0v) is 15.9. The summed E-state index contributed by atoms with van der Waals surface area (Å²) in [6.07, 6.45) is 3.73. The maximum absolute atomic E-state index is 9.76. The molecule has 2 aromatic rings. The van der Waals surface area contributed by atoms with Crippen LogP contribution < -0.4 is 5.32 Å². The van der Waals surface area contributed by atoms with E-state index in [0.29, 0.717) is 17.8 Å². The second kappa shape index (κ2) is 6.60. The minimum Gasteiger partial charge on any atom is -0.394 e. The van der Waals surface area contributed by atoms with E-state index in [1.807, 2.05) is 18.4 Å². The molecule has 0 spiro atoms. The highest BCUT2D eigenvalue weighted by atomic mass is 16.8. The highest BCUT2D eigenvalue weighted by molar-refractivity contribution is 5.85. The van der Waals surface area contributed by atoms with Gasteiger partial charge in [-0.1, -0.05) is 0 Å². The van der Waals surface area contributed by atoms with Crippen molar-refractivity contribution in [2.24, 2.45) is 0 Å². The smallest absolute Gasteiger partial charge is 0.177 e. The molecule has 0 radical (unpaired) electrons. The highest BCUT2D eigenvalue weighted by Crippen LogP contribution is 2.43. The van der Waals surface area contributed by atoms with Crippen molar-refractivity contribution in [3.63, 3.8) is 0 Å². The molecule has 3 fully saturated rings. The number of aliphatic hydroxyl groups is 2. The summed E-state index contributed by atoms with van der Waals surface area (Å²) in [5.74, 6) is -0.149. The van der Waals surface area contributed by atoms with E-state index < -0.39 is 18.1 Å². The molecular formula is C18H25N5O5. The Hall–Kier alpha value is -1.85. The number of aromatic nitrogens is 4. The lowest BCUT2D eigenvalue weighted by Crippen LogP contribution is -2.31. The van der Waals surface area contributed by atoms with Gasteiger partial charge in [0.05, 0.1) is 30.8 Å². The molecule has 2 aliphatic heterocycles. The lowest BCUT2D eigenvalue weighted by Gasteiger charge is -2.24.